The molecule has 2 bridgehead atoms. The summed E-state index contributed by atoms with van der Waals surface area (Å²) in [6, 6.07) is 0.800. The molecule has 2 heterocycles. The molecule has 2 aliphatic carbocycles. The van der Waals surface area contributed by atoms with E-state index in [4.69, 9.17) is 0 Å². The number of likely N-dealkylation sites (tertiary alicyclic amines) is 1. The maximum atomic E-state index is 13.0. The third kappa shape index (κ3) is 3.64. The summed E-state index contributed by atoms with van der Waals surface area (Å²) < 4.78 is 0. The Bertz CT molecular complexity index is 707. The van der Waals surface area contributed by atoms with E-state index in [-0.39, 0.29) is 29.7 Å². The van der Waals surface area contributed by atoms with Gasteiger partial charge in [-0.15, -0.1) is 0 Å². The molecule has 4 fully saturated rings. The Labute approximate surface area is 176 Å². The number of imide groups is 1. The Morgan fingerprint density at radius 3 is 2.24 bits per heavy atom. The second kappa shape index (κ2) is 8.04. The van der Waals surface area contributed by atoms with Gasteiger partial charge in [0.2, 0.25) is 11.8 Å². The molecular formula is C24H37N3O2. The highest BCUT2D eigenvalue weighted by Gasteiger charge is 2.64. The Kier molecular flexibility index (Phi) is 5.79. The van der Waals surface area contributed by atoms with Gasteiger partial charge in [-0.2, -0.15) is 0 Å². The van der Waals surface area contributed by atoms with Crippen LogP contribution >= 0.6 is 0 Å². The van der Waals surface area contributed by atoms with E-state index < -0.39 is 5.41 Å². The number of piperidine rings is 1. The predicted molar refractivity (Wildman–Crippen MR) is 114 cm³/mol. The van der Waals surface area contributed by atoms with Gasteiger partial charge in [-0.25, -0.2) is 0 Å². The minimum Gasteiger partial charge on any atom is -0.298 e. The first-order valence-electron chi connectivity index (χ1n) is 11.6. The number of hydrogen-bond donors (Lipinski definition) is 0. The summed E-state index contributed by atoms with van der Waals surface area (Å²) in [6.07, 6.45) is 8.56. The van der Waals surface area contributed by atoms with Crippen LogP contribution in [0.15, 0.2) is 0 Å². The van der Waals surface area contributed by atoms with Crippen LogP contribution in [0.3, 0.4) is 0 Å². The fraction of sp³-hybridized carbons (Fsp3) is 0.833. The summed E-state index contributed by atoms with van der Waals surface area (Å²) in [5.74, 6) is 6.30. The first-order chi connectivity index (χ1) is 13.8. The summed E-state index contributed by atoms with van der Waals surface area (Å²) in [4.78, 5) is 32.4. The zero-order valence-corrected chi connectivity index (χ0v) is 18.5. The van der Waals surface area contributed by atoms with Gasteiger partial charge in [0.1, 0.15) is 0 Å². The van der Waals surface area contributed by atoms with Gasteiger partial charge in [0.15, 0.2) is 0 Å². The van der Waals surface area contributed by atoms with Crippen LogP contribution in [0.5, 0.6) is 0 Å². The SMILES string of the molecule is CC1(C)[C@H]2CC[C@@]1(C)C(=O)N(CC#CCN1CCN(C3CCCCC3)CC1)C2=O. The molecule has 0 aromatic heterocycles. The van der Waals surface area contributed by atoms with Gasteiger partial charge in [-0.05, 0) is 31.1 Å². The molecule has 0 aromatic rings. The van der Waals surface area contributed by atoms with Crippen LogP contribution in [0.25, 0.3) is 0 Å². The number of carbonyl (C=O) groups excluding carboxylic acids is 2. The monoisotopic (exact) mass is 399 g/mol. The topological polar surface area (TPSA) is 43.9 Å². The largest absolute Gasteiger partial charge is 0.298 e. The van der Waals surface area contributed by atoms with E-state index in [0.29, 0.717) is 0 Å². The molecular weight excluding hydrogens is 362 g/mol. The lowest BCUT2D eigenvalue weighted by Gasteiger charge is -2.47. The van der Waals surface area contributed by atoms with Crippen molar-refractivity contribution < 1.29 is 9.59 Å². The lowest BCUT2D eigenvalue weighted by Crippen LogP contribution is -2.59. The first kappa shape index (κ1) is 20.9. The molecule has 0 unspecified atom stereocenters. The van der Waals surface area contributed by atoms with Crippen molar-refractivity contribution in [2.75, 3.05) is 39.3 Å². The normalized spacial score (nSPS) is 33.6. The van der Waals surface area contributed by atoms with Gasteiger partial charge >= 0.3 is 0 Å². The van der Waals surface area contributed by atoms with Crippen LogP contribution in [0, 0.1) is 28.6 Å². The Morgan fingerprint density at radius 1 is 0.897 bits per heavy atom. The van der Waals surface area contributed by atoms with Crippen molar-refractivity contribution in [1.82, 2.24) is 14.7 Å². The van der Waals surface area contributed by atoms with Crippen molar-refractivity contribution >= 4 is 11.8 Å². The van der Waals surface area contributed by atoms with Crippen molar-refractivity contribution in [3.63, 3.8) is 0 Å². The van der Waals surface area contributed by atoms with E-state index in [0.717, 1.165) is 51.6 Å². The van der Waals surface area contributed by atoms with Gasteiger partial charge in [0.05, 0.1) is 18.5 Å². The second-order valence-corrected chi connectivity index (χ2v) is 10.3. The summed E-state index contributed by atoms with van der Waals surface area (Å²) in [6.45, 7) is 11.6. The molecule has 5 nitrogen and oxygen atoms in total. The number of fused-ring (bicyclic) bond motifs is 2. The molecule has 2 saturated heterocycles. The number of nitrogens with zero attached hydrogens (tertiary/aromatic N) is 3. The molecule has 0 spiro atoms. The van der Waals surface area contributed by atoms with E-state index in [9.17, 15) is 9.59 Å². The molecule has 29 heavy (non-hydrogen) atoms. The molecule has 160 valence electrons. The number of carbonyl (C=O) groups is 2. The second-order valence-electron chi connectivity index (χ2n) is 10.3. The summed E-state index contributed by atoms with van der Waals surface area (Å²) in [7, 11) is 0. The number of piperazine rings is 1. The Hall–Kier alpha value is -1.38. The van der Waals surface area contributed by atoms with Gasteiger partial charge in [0, 0.05) is 38.1 Å². The maximum Gasteiger partial charge on any atom is 0.236 e. The van der Waals surface area contributed by atoms with Gasteiger partial charge in [-0.3, -0.25) is 24.3 Å². The number of rotatable bonds is 3. The predicted octanol–water partition coefficient (Wildman–Crippen LogP) is 2.75. The molecule has 4 rings (SSSR count). The summed E-state index contributed by atoms with van der Waals surface area (Å²) in [5, 5.41) is 0. The molecule has 2 aliphatic heterocycles. The third-order valence-electron chi connectivity index (χ3n) is 8.67. The first-order valence-corrected chi connectivity index (χ1v) is 11.6. The number of amides is 2. The lowest BCUT2D eigenvalue weighted by molar-refractivity contribution is -0.166. The zero-order chi connectivity index (χ0) is 20.6. The smallest absolute Gasteiger partial charge is 0.236 e. The van der Waals surface area contributed by atoms with E-state index in [1.165, 1.54) is 37.0 Å². The van der Waals surface area contributed by atoms with E-state index in [1.54, 1.807) is 0 Å². The van der Waals surface area contributed by atoms with Crippen LogP contribution in [0.4, 0.5) is 0 Å². The fourth-order valence-electron chi connectivity index (χ4n) is 6.09. The van der Waals surface area contributed by atoms with Crippen LogP contribution in [-0.2, 0) is 9.59 Å². The van der Waals surface area contributed by atoms with Crippen molar-refractivity contribution in [3.05, 3.63) is 0 Å². The van der Waals surface area contributed by atoms with Crippen LogP contribution < -0.4 is 0 Å². The summed E-state index contributed by atoms with van der Waals surface area (Å²) in [5.41, 5.74) is -0.675. The standard InChI is InChI=1S/C24H37N3O2/c1-23(2)20-11-12-24(23,3)22(29)27(21(20)28)14-8-7-13-25-15-17-26(18-16-25)19-9-5-4-6-10-19/h19-20H,4-6,9-18H2,1-3H3/t20-,24-/m0/s1. The number of hydrogen-bond acceptors (Lipinski definition) is 4. The minimum absolute atomic E-state index is 0.00892. The Morgan fingerprint density at radius 2 is 1.55 bits per heavy atom. The quantitative estimate of drug-likeness (QED) is 0.541. The average molecular weight is 400 g/mol. The van der Waals surface area contributed by atoms with E-state index in [2.05, 4.69) is 35.5 Å². The average Bonchev–Trinajstić information content (AvgIpc) is 2.92. The highest BCUT2D eigenvalue weighted by atomic mass is 16.2. The summed E-state index contributed by atoms with van der Waals surface area (Å²) >= 11 is 0. The fourth-order valence-corrected chi connectivity index (χ4v) is 6.09. The van der Waals surface area contributed by atoms with Gasteiger partial charge in [-0.1, -0.05) is 51.9 Å². The lowest BCUT2D eigenvalue weighted by atomic mass is 9.62. The molecule has 0 aromatic carbocycles. The molecule has 5 heteroatoms. The van der Waals surface area contributed by atoms with Crippen molar-refractivity contribution in [2.45, 2.75) is 71.8 Å². The highest BCUT2D eigenvalue weighted by Crippen LogP contribution is 2.59. The minimum atomic E-state index is -0.428. The van der Waals surface area contributed by atoms with E-state index in [1.807, 2.05) is 6.92 Å². The van der Waals surface area contributed by atoms with Crippen molar-refractivity contribution in [3.8, 4) is 11.8 Å². The molecule has 0 radical (unpaired) electrons. The van der Waals surface area contributed by atoms with Crippen molar-refractivity contribution in [2.24, 2.45) is 16.7 Å². The maximum absolute atomic E-state index is 13.0. The zero-order valence-electron chi connectivity index (χ0n) is 18.5. The van der Waals surface area contributed by atoms with Crippen LogP contribution in [0.1, 0.15) is 65.7 Å². The molecule has 2 saturated carbocycles. The molecule has 0 N–H and O–H groups in total. The third-order valence-corrected chi connectivity index (χ3v) is 8.67. The Balaban J connectivity index is 1.27. The molecule has 4 aliphatic rings. The highest BCUT2D eigenvalue weighted by molar-refractivity contribution is 6.04. The molecule has 2 amide bonds. The van der Waals surface area contributed by atoms with Crippen molar-refractivity contribution in [1.29, 1.82) is 0 Å². The van der Waals surface area contributed by atoms with E-state index >= 15 is 0 Å². The van der Waals surface area contributed by atoms with Gasteiger partial charge < -0.3 is 0 Å². The van der Waals surface area contributed by atoms with Gasteiger partial charge in [0.25, 0.3) is 0 Å². The van der Waals surface area contributed by atoms with Crippen LogP contribution in [-0.4, -0.2) is 71.8 Å². The van der Waals surface area contributed by atoms with Crippen LogP contribution in [0.2, 0.25) is 0 Å². The molecule has 2 atom stereocenters.